The normalized spacial score (nSPS) is 16.2. The minimum absolute atomic E-state index is 0.0494. The Bertz CT molecular complexity index is 813. The summed E-state index contributed by atoms with van der Waals surface area (Å²) in [4.78, 5) is -0.150. The predicted molar refractivity (Wildman–Crippen MR) is 98.0 cm³/mol. The second-order valence-electron chi connectivity index (χ2n) is 6.15. The monoisotopic (exact) mass is 438 g/mol. The third kappa shape index (κ3) is 5.11. The minimum Gasteiger partial charge on any atom is -0.489 e. The van der Waals surface area contributed by atoms with Crippen molar-refractivity contribution in [1.82, 2.24) is 0 Å². The molecule has 0 unspecified atom stereocenters. The number of alkyl halides is 6. The topological polar surface area (TPSA) is 9.23 Å². The van der Waals surface area contributed by atoms with Crippen LogP contribution in [-0.4, -0.2) is 17.6 Å². The molecule has 0 atom stereocenters. The van der Waals surface area contributed by atoms with Gasteiger partial charge in [0.1, 0.15) is 11.9 Å². The molecule has 0 saturated carbocycles. The summed E-state index contributed by atoms with van der Waals surface area (Å²) in [6, 6.07) is 8.98. The number of benzene rings is 2. The van der Waals surface area contributed by atoms with Crippen molar-refractivity contribution >= 4 is 23.5 Å². The molecule has 1 heterocycles. The molecule has 0 radical (unpaired) electrons. The molecule has 9 heteroatoms. The summed E-state index contributed by atoms with van der Waals surface area (Å²) in [5, 5.41) is 0. The first-order chi connectivity index (χ1) is 13.2. The Labute approximate surface area is 166 Å². The average molecular weight is 438 g/mol. The van der Waals surface area contributed by atoms with E-state index in [2.05, 4.69) is 0 Å². The number of halogens is 6. The Morgan fingerprint density at radius 3 is 2.11 bits per heavy atom. The van der Waals surface area contributed by atoms with Crippen molar-refractivity contribution in [3.05, 3.63) is 53.6 Å². The Balaban J connectivity index is 1.96. The summed E-state index contributed by atoms with van der Waals surface area (Å²) in [5.74, 6) is 2.26. The summed E-state index contributed by atoms with van der Waals surface area (Å²) >= 11 is 2.44. The van der Waals surface area contributed by atoms with E-state index in [1.807, 2.05) is 11.8 Å². The highest BCUT2D eigenvalue weighted by Crippen LogP contribution is 2.47. The Morgan fingerprint density at radius 2 is 1.46 bits per heavy atom. The fourth-order valence-corrected chi connectivity index (χ4v) is 5.01. The van der Waals surface area contributed by atoms with Gasteiger partial charge in [-0.15, -0.1) is 0 Å². The molecule has 0 aromatic heterocycles. The lowest BCUT2D eigenvalue weighted by molar-refractivity contribution is -0.163. The Hall–Kier alpha value is -1.48. The molecule has 3 rings (SSSR count). The fraction of sp³-hybridized carbons (Fsp3) is 0.368. The van der Waals surface area contributed by atoms with Crippen LogP contribution >= 0.6 is 23.5 Å². The van der Waals surface area contributed by atoms with Crippen LogP contribution in [0.3, 0.4) is 0 Å². The van der Waals surface area contributed by atoms with Crippen LogP contribution in [0.4, 0.5) is 26.3 Å². The van der Waals surface area contributed by atoms with E-state index < -0.39 is 28.4 Å². The molecule has 2 aromatic rings. The van der Waals surface area contributed by atoms with Crippen LogP contribution in [0.15, 0.2) is 52.3 Å². The zero-order chi connectivity index (χ0) is 20.4. The van der Waals surface area contributed by atoms with Crippen molar-refractivity contribution in [2.24, 2.45) is 0 Å². The summed E-state index contributed by atoms with van der Waals surface area (Å²) in [6.45, 7) is 0. The molecule has 28 heavy (non-hydrogen) atoms. The number of rotatable bonds is 4. The number of thioether (sulfide) groups is 1. The highest BCUT2D eigenvalue weighted by Gasteiger charge is 2.44. The third-order valence-corrected chi connectivity index (χ3v) is 6.31. The Morgan fingerprint density at radius 1 is 0.821 bits per heavy atom. The van der Waals surface area contributed by atoms with Gasteiger partial charge in [0, 0.05) is 4.90 Å². The molecule has 1 aliphatic heterocycles. The molecular formula is C19H16F6OS2. The summed E-state index contributed by atoms with van der Waals surface area (Å²) in [5.41, 5.74) is -3.36. The maximum Gasteiger partial charge on any atom is 0.418 e. The van der Waals surface area contributed by atoms with Crippen molar-refractivity contribution in [2.45, 2.75) is 41.1 Å². The van der Waals surface area contributed by atoms with E-state index in [1.54, 1.807) is 24.3 Å². The lowest BCUT2D eigenvalue weighted by Gasteiger charge is -2.24. The number of hydrogen-bond acceptors (Lipinski definition) is 3. The lowest BCUT2D eigenvalue weighted by Crippen LogP contribution is -2.22. The number of hydrogen-bond donors (Lipinski definition) is 0. The molecule has 1 saturated heterocycles. The largest absolute Gasteiger partial charge is 0.489 e. The van der Waals surface area contributed by atoms with E-state index in [-0.39, 0.29) is 6.10 Å². The molecule has 1 nitrogen and oxygen atoms in total. The first kappa shape index (κ1) is 21.2. The maximum atomic E-state index is 13.5. The van der Waals surface area contributed by atoms with Gasteiger partial charge >= 0.3 is 12.4 Å². The number of para-hydroxylation sites is 1. The molecule has 2 aromatic carbocycles. The first-order valence-corrected chi connectivity index (χ1v) is 10.4. The van der Waals surface area contributed by atoms with Gasteiger partial charge in [0.25, 0.3) is 0 Å². The third-order valence-electron chi connectivity index (χ3n) is 4.15. The van der Waals surface area contributed by atoms with Gasteiger partial charge in [0.15, 0.2) is 0 Å². The highest BCUT2D eigenvalue weighted by atomic mass is 32.2. The maximum absolute atomic E-state index is 13.5. The summed E-state index contributed by atoms with van der Waals surface area (Å²) < 4.78 is 85.8. The number of ether oxygens (including phenoxy) is 1. The molecule has 0 aliphatic carbocycles. The lowest BCUT2D eigenvalue weighted by atomic mass is 10.1. The van der Waals surface area contributed by atoms with Gasteiger partial charge in [0.05, 0.1) is 16.0 Å². The highest BCUT2D eigenvalue weighted by molar-refractivity contribution is 7.99. The van der Waals surface area contributed by atoms with E-state index in [9.17, 15) is 26.3 Å². The van der Waals surface area contributed by atoms with E-state index >= 15 is 0 Å². The Kier molecular flexibility index (Phi) is 6.44. The van der Waals surface area contributed by atoms with Crippen LogP contribution in [0, 0.1) is 0 Å². The predicted octanol–water partition coefficient (Wildman–Crippen LogP) is 7.15. The van der Waals surface area contributed by atoms with Crippen molar-refractivity contribution in [3.63, 3.8) is 0 Å². The molecule has 1 fully saturated rings. The van der Waals surface area contributed by atoms with Crippen molar-refractivity contribution in [2.75, 3.05) is 11.5 Å². The summed E-state index contributed by atoms with van der Waals surface area (Å²) in [7, 11) is 0. The molecule has 1 aliphatic rings. The molecule has 0 N–H and O–H groups in total. The molecule has 152 valence electrons. The SMILES string of the molecule is FC(F)(F)c1cccc(Sc2ccccc2OC2CCSCC2)c1C(F)(F)F. The fourth-order valence-electron chi connectivity index (χ4n) is 2.87. The van der Waals surface area contributed by atoms with E-state index in [1.165, 1.54) is 0 Å². The molecular weight excluding hydrogens is 422 g/mol. The minimum atomic E-state index is -5.13. The van der Waals surface area contributed by atoms with E-state index in [4.69, 9.17) is 4.74 Å². The standard InChI is InChI=1S/C19H16F6OS2/c20-18(21,22)13-4-3-7-16(17(13)19(23,24)25)28-15-6-2-1-5-14(15)26-12-8-10-27-11-9-12/h1-7,12H,8-11H2. The quantitative estimate of drug-likeness (QED) is 0.469. The first-order valence-electron chi connectivity index (χ1n) is 8.45. The second-order valence-corrected chi connectivity index (χ2v) is 8.46. The van der Waals surface area contributed by atoms with Crippen molar-refractivity contribution in [1.29, 1.82) is 0 Å². The van der Waals surface area contributed by atoms with Gasteiger partial charge < -0.3 is 4.74 Å². The van der Waals surface area contributed by atoms with Crippen LogP contribution in [0.25, 0.3) is 0 Å². The molecule has 0 amide bonds. The zero-order valence-corrected chi connectivity index (χ0v) is 16.1. The molecule has 0 bridgehead atoms. The van der Waals surface area contributed by atoms with Gasteiger partial charge in [-0.1, -0.05) is 30.0 Å². The van der Waals surface area contributed by atoms with Gasteiger partial charge in [-0.2, -0.15) is 38.1 Å². The van der Waals surface area contributed by atoms with Gasteiger partial charge in [0.2, 0.25) is 0 Å². The van der Waals surface area contributed by atoms with Gasteiger partial charge in [-0.05, 0) is 48.6 Å². The second kappa shape index (κ2) is 8.49. The van der Waals surface area contributed by atoms with Crippen LogP contribution in [-0.2, 0) is 12.4 Å². The average Bonchev–Trinajstić information content (AvgIpc) is 2.62. The van der Waals surface area contributed by atoms with E-state index in [0.29, 0.717) is 28.5 Å². The van der Waals surface area contributed by atoms with Crippen molar-refractivity contribution < 1.29 is 31.1 Å². The summed E-state index contributed by atoms with van der Waals surface area (Å²) in [6.07, 6.45) is -8.64. The van der Waals surface area contributed by atoms with Crippen LogP contribution < -0.4 is 4.74 Å². The molecule has 0 spiro atoms. The van der Waals surface area contributed by atoms with Crippen molar-refractivity contribution in [3.8, 4) is 5.75 Å². The van der Waals surface area contributed by atoms with E-state index in [0.717, 1.165) is 36.5 Å². The van der Waals surface area contributed by atoms with Crippen LogP contribution in [0.2, 0.25) is 0 Å². The smallest absolute Gasteiger partial charge is 0.418 e. The zero-order valence-electron chi connectivity index (χ0n) is 14.4. The van der Waals surface area contributed by atoms with Crippen LogP contribution in [0.1, 0.15) is 24.0 Å². The van der Waals surface area contributed by atoms with Gasteiger partial charge in [-0.25, -0.2) is 0 Å². The van der Waals surface area contributed by atoms with Crippen LogP contribution in [0.5, 0.6) is 5.75 Å². The van der Waals surface area contributed by atoms with Gasteiger partial charge in [-0.3, -0.25) is 0 Å².